The lowest BCUT2D eigenvalue weighted by Crippen LogP contribution is -2.54. The maximum Gasteiger partial charge on any atom is 0.381 e. The average Bonchev–Trinajstić information content (AvgIpc) is 2.89. The molecule has 0 aliphatic heterocycles. The minimum Gasteiger partial charge on any atom is -0.472 e. The number of carbonyl (C=O) groups is 2. The van der Waals surface area contributed by atoms with Gasteiger partial charge in [0.15, 0.2) is 5.78 Å². The molecule has 3 fully saturated rings. The van der Waals surface area contributed by atoms with Gasteiger partial charge in [-0.1, -0.05) is 25.3 Å². The summed E-state index contributed by atoms with van der Waals surface area (Å²) in [6.07, 6.45) is 7.64. The highest BCUT2D eigenvalue weighted by atomic mass is 16.4. The first kappa shape index (κ1) is 17.8. The number of hydrogen-bond donors (Lipinski definition) is 2. The van der Waals surface area contributed by atoms with Gasteiger partial charge < -0.3 is 10.2 Å². The second-order valence-electron chi connectivity index (χ2n) is 9.37. The van der Waals surface area contributed by atoms with Crippen molar-refractivity contribution >= 4 is 11.8 Å². The van der Waals surface area contributed by atoms with Crippen LogP contribution in [0.1, 0.15) is 58.8 Å². The van der Waals surface area contributed by atoms with Crippen LogP contribution in [0.3, 0.4) is 0 Å². The quantitative estimate of drug-likeness (QED) is 0.654. The summed E-state index contributed by atoms with van der Waals surface area (Å²) < 4.78 is 0. The monoisotopic (exact) mass is 356 g/mol. The van der Waals surface area contributed by atoms with E-state index in [0.717, 1.165) is 32.1 Å². The van der Waals surface area contributed by atoms with Gasteiger partial charge in [0, 0.05) is 18.3 Å². The zero-order valence-corrected chi connectivity index (χ0v) is 15.6. The zero-order valence-electron chi connectivity index (χ0n) is 15.6. The van der Waals surface area contributed by atoms with Gasteiger partial charge in [0.1, 0.15) is 0 Å². The van der Waals surface area contributed by atoms with Crippen molar-refractivity contribution < 1.29 is 19.8 Å². The second kappa shape index (κ2) is 5.96. The fraction of sp³-hybridized carbons (Fsp3) is 0.727. The number of hydrogen-bond acceptors (Lipinski definition) is 3. The molecule has 0 heterocycles. The Kier molecular flexibility index (Phi) is 4.08. The molecule has 2 N–H and O–H groups in total. The number of rotatable bonds is 0. The van der Waals surface area contributed by atoms with Crippen LogP contribution in [0.5, 0.6) is 0 Å². The molecular formula is C22H28O4. The SMILES string of the molecule is C[C@]12CC[C@H]3[C@@H]([C@H](C#CC(=O)O)CC4=CC(=O)CC[C@@]43C)[C@@H]1CC[C@@H]2O. The van der Waals surface area contributed by atoms with Gasteiger partial charge in [0.25, 0.3) is 0 Å². The normalized spacial score (nSPS) is 47.0. The fourth-order valence-corrected chi connectivity index (χ4v) is 6.84. The van der Waals surface area contributed by atoms with Gasteiger partial charge >= 0.3 is 5.97 Å². The summed E-state index contributed by atoms with van der Waals surface area (Å²) in [7, 11) is 0. The van der Waals surface area contributed by atoms with E-state index in [2.05, 4.69) is 25.7 Å². The van der Waals surface area contributed by atoms with Crippen molar-refractivity contribution in [2.45, 2.75) is 64.9 Å². The Labute approximate surface area is 155 Å². The number of allylic oxidation sites excluding steroid dienone is 1. The van der Waals surface area contributed by atoms with Crippen molar-refractivity contribution in [2.24, 2.45) is 34.5 Å². The topological polar surface area (TPSA) is 74.6 Å². The lowest BCUT2D eigenvalue weighted by Gasteiger charge is -2.59. The first-order valence-electron chi connectivity index (χ1n) is 9.92. The van der Waals surface area contributed by atoms with Crippen molar-refractivity contribution in [3.8, 4) is 11.8 Å². The summed E-state index contributed by atoms with van der Waals surface area (Å²) in [6.45, 7) is 4.52. The van der Waals surface area contributed by atoms with E-state index in [1.54, 1.807) is 0 Å². The first-order chi connectivity index (χ1) is 12.3. The molecule has 0 radical (unpaired) electrons. The van der Waals surface area contributed by atoms with Crippen molar-refractivity contribution in [3.05, 3.63) is 11.6 Å². The zero-order chi connectivity index (χ0) is 18.7. The number of carboxylic acids is 1. The minimum absolute atomic E-state index is 0.0227. The summed E-state index contributed by atoms with van der Waals surface area (Å²) in [5.74, 6) is 5.61. The van der Waals surface area contributed by atoms with Crippen LogP contribution >= 0.6 is 0 Å². The standard InChI is InChI=1S/C22H28O4/c1-21-9-7-15(23)12-14(21)11-13(3-6-19(25)26)20-16-4-5-18(24)22(16,2)10-8-17(20)21/h12-13,16-18,20,24H,4-5,7-11H2,1-2H3,(H,25,26)/t13-,16+,17+,18+,20+,21+,22+/m1/s1. The van der Waals surface area contributed by atoms with Gasteiger partial charge in [0.2, 0.25) is 0 Å². The van der Waals surface area contributed by atoms with Crippen molar-refractivity contribution in [1.82, 2.24) is 0 Å². The predicted molar refractivity (Wildman–Crippen MR) is 97.0 cm³/mol. The Morgan fingerprint density at radius 3 is 2.69 bits per heavy atom. The molecule has 0 aromatic heterocycles. The smallest absolute Gasteiger partial charge is 0.381 e. The molecule has 0 aromatic rings. The lowest BCUT2D eigenvalue weighted by molar-refractivity contribution is -0.130. The molecule has 0 aromatic carbocycles. The number of aliphatic hydroxyl groups excluding tert-OH is 1. The minimum atomic E-state index is -1.09. The van der Waals surface area contributed by atoms with E-state index in [-0.39, 0.29) is 28.6 Å². The molecule has 7 atom stereocenters. The van der Waals surface area contributed by atoms with Crippen molar-refractivity contribution in [3.63, 3.8) is 0 Å². The predicted octanol–water partition coefficient (Wildman–Crippen LogP) is 3.19. The number of ketones is 1. The number of carbonyl (C=O) groups excluding carboxylic acids is 1. The molecular weight excluding hydrogens is 328 g/mol. The number of aliphatic hydroxyl groups is 1. The van der Waals surface area contributed by atoms with E-state index in [9.17, 15) is 14.7 Å². The third-order valence-corrected chi connectivity index (χ3v) is 8.33. The van der Waals surface area contributed by atoms with Crippen molar-refractivity contribution in [2.75, 3.05) is 0 Å². The molecule has 4 heteroatoms. The Hall–Kier alpha value is -1.60. The largest absolute Gasteiger partial charge is 0.472 e. The number of aliphatic carboxylic acids is 1. The van der Waals surface area contributed by atoms with E-state index >= 15 is 0 Å². The van der Waals surface area contributed by atoms with Crippen LogP contribution in [0.4, 0.5) is 0 Å². The number of carboxylic acid groups (broad SMARTS) is 1. The van der Waals surface area contributed by atoms with Crippen LogP contribution in [-0.4, -0.2) is 28.1 Å². The summed E-state index contributed by atoms with van der Waals surface area (Å²) >= 11 is 0. The molecule has 0 bridgehead atoms. The van der Waals surface area contributed by atoms with E-state index in [1.165, 1.54) is 5.57 Å². The molecule has 3 saturated carbocycles. The van der Waals surface area contributed by atoms with Gasteiger partial charge in [-0.2, -0.15) is 0 Å². The molecule has 140 valence electrons. The first-order valence-corrected chi connectivity index (χ1v) is 9.92. The lowest BCUT2D eigenvalue weighted by atomic mass is 9.45. The van der Waals surface area contributed by atoms with Crippen LogP contribution in [0.15, 0.2) is 11.6 Å². The van der Waals surface area contributed by atoms with Gasteiger partial charge in [-0.15, -0.1) is 0 Å². The third kappa shape index (κ3) is 2.47. The van der Waals surface area contributed by atoms with E-state index in [4.69, 9.17) is 5.11 Å². The molecule has 0 spiro atoms. The summed E-state index contributed by atoms with van der Waals surface area (Å²) in [5, 5.41) is 19.7. The molecule has 0 saturated heterocycles. The van der Waals surface area contributed by atoms with Crippen molar-refractivity contribution in [1.29, 1.82) is 0 Å². The molecule has 4 rings (SSSR count). The molecule has 0 amide bonds. The van der Waals surface area contributed by atoms with Gasteiger partial charge in [-0.05, 0) is 73.2 Å². The average molecular weight is 356 g/mol. The molecule has 26 heavy (non-hydrogen) atoms. The van der Waals surface area contributed by atoms with Crippen LogP contribution in [-0.2, 0) is 9.59 Å². The van der Waals surface area contributed by atoms with E-state index < -0.39 is 5.97 Å². The Morgan fingerprint density at radius 1 is 1.19 bits per heavy atom. The van der Waals surface area contributed by atoms with E-state index in [0.29, 0.717) is 30.6 Å². The third-order valence-electron chi connectivity index (χ3n) is 8.33. The highest BCUT2D eigenvalue weighted by molar-refractivity contribution is 5.91. The highest BCUT2D eigenvalue weighted by Crippen LogP contribution is 2.66. The molecule has 4 nitrogen and oxygen atoms in total. The van der Waals surface area contributed by atoms with Crippen LogP contribution in [0, 0.1) is 46.3 Å². The van der Waals surface area contributed by atoms with Gasteiger partial charge in [-0.25, -0.2) is 4.79 Å². The fourth-order valence-electron chi connectivity index (χ4n) is 6.84. The maximum absolute atomic E-state index is 12.0. The van der Waals surface area contributed by atoms with Crippen LogP contribution in [0.2, 0.25) is 0 Å². The Morgan fingerprint density at radius 2 is 1.96 bits per heavy atom. The van der Waals surface area contributed by atoms with E-state index in [1.807, 2.05) is 6.08 Å². The number of fused-ring (bicyclic) bond motifs is 5. The summed E-state index contributed by atoms with van der Waals surface area (Å²) in [5.41, 5.74) is 1.13. The van der Waals surface area contributed by atoms with Crippen LogP contribution in [0.25, 0.3) is 0 Å². The van der Waals surface area contributed by atoms with Gasteiger partial charge in [-0.3, -0.25) is 4.79 Å². The summed E-state index contributed by atoms with van der Waals surface area (Å²) in [6, 6.07) is 0. The Bertz CT molecular complexity index is 741. The maximum atomic E-state index is 12.0. The van der Waals surface area contributed by atoms with Gasteiger partial charge in [0.05, 0.1) is 6.10 Å². The highest BCUT2D eigenvalue weighted by Gasteiger charge is 2.61. The second-order valence-corrected chi connectivity index (χ2v) is 9.37. The summed E-state index contributed by atoms with van der Waals surface area (Å²) in [4.78, 5) is 23.1. The molecule has 0 unspecified atom stereocenters. The molecule has 4 aliphatic rings. The Balaban J connectivity index is 1.79. The molecule has 4 aliphatic carbocycles. The van der Waals surface area contributed by atoms with Crippen LogP contribution < -0.4 is 0 Å².